The van der Waals surface area contributed by atoms with Crippen LogP contribution in [0.3, 0.4) is 0 Å². The van der Waals surface area contributed by atoms with Crippen molar-refractivity contribution in [2.24, 2.45) is 0 Å². The van der Waals surface area contributed by atoms with Crippen molar-refractivity contribution in [3.8, 4) is 11.3 Å². The Morgan fingerprint density at radius 2 is 1.86 bits per heavy atom. The van der Waals surface area contributed by atoms with Crippen molar-refractivity contribution >= 4 is 34.3 Å². The predicted octanol–water partition coefficient (Wildman–Crippen LogP) is 3.80. The summed E-state index contributed by atoms with van der Waals surface area (Å²) in [7, 11) is 0. The molecular weight excluding hydrogens is 302 g/mol. The van der Waals surface area contributed by atoms with Crippen LogP contribution in [0, 0.1) is 0 Å². The van der Waals surface area contributed by atoms with Gasteiger partial charge in [-0.2, -0.15) is 0 Å². The first kappa shape index (κ1) is 13.0. The fourth-order valence-electron chi connectivity index (χ4n) is 2.83. The van der Waals surface area contributed by atoms with Gasteiger partial charge in [0.1, 0.15) is 0 Å². The fraction of sp³-hybridized carbons (Fsp3) is 0. The summed E-state index contributed by atoms with van der Waals surface area (Å²) in [5.41, 5.74) is 2.45. The number of carbonyl (C=O) groups excluding carboxylic acids is 1. The van der Waals surface area contributed by atoms with Gasteiger partial charge in [0, 0.05) is 22.1 Å². The molecule has 5 heteroatoms. The molecule has 2 aromatic carbocycles. The van der Waals surface area contributed by atoms with Crippen molar-refractivity contribution in [3.05, 3.63) is 64.2 Å². The molecule has 0 atom stereocenters. The molecule has 106 valence electrons. The smallest absolute Gasteiger partial charge is 0.337 e. The third kappa shape index (κ3) is 1.61. The van der Waals surface area contributed by atoms with Crippen LogP contribution in [0.2, 0.25) is 5.02 Å². The second-order valence-corrected chi connectivity index (χ2v) is 5.47. The molecule has 0 bridgehead atoms. The zero-order chi connectivity index (χ0) is 15.4. The highest BCUT2D eigenvalue weighted by atomic mass is 35.5. The minimum atomic E-state index is -1.05. The summed E-state index contributed by atoms with van der Waals surface area (Å²) in [4.78, 5) is 28.3. The van der Waals surface area contributed by atoms with E-state index in [0.717, 1.165) is 0 Å². The Balaban J connectivity index is 2.14. The Labute approximate surface area is 130 Å². The number of ketones is 1. The van der Waals surface area contributed by atoms with Gasteiger partial charge < -0.3 is 5.11 Å². The second kappa shape index (κ2) is 4.39. The second-order valence-electron chi connectivity index (χ2n) is 5.06. The Hall–Kier alpha value is -2.72. The van der Waals surface area contributed by atoms with Crippen LogP contribution in [0.1, 0.15) is 26.3 Å². The number of aromatic carboxylic acids is 1. The largest absolute Gasteiger partial charge is 0.478 e. The standard InChI is InChI=1S/C17H8ClNO3/c18-12-6-2-4-9-13(12)15-11(16(9)20)7-8-3-1-5-10(17(21)22)14(8)19-15/h1-7H,(H,21,22). The number of rotatable bonds is 1. The highest BCUT2D eigenvalue weighted by Crippen LogP contribution is 2.41. The molecule has 4 nitrogen and oxygen atoms in total. The maximum Gasteiger partial charge on any atom is 0.337 e. The van der Waals surface area contributed by atoms with Gasteiger partial charge in [0.15, 0.2) is 5.78 Å². The van der Waals surface area contributed by atoms with Crippen LogP contribution in [0.15, 0.2) is 42.5 Å². The van der Waals surface area contributed by atoms with E-state index in [2.05, 4.69) is 4.98 Å². The zero-order valence-electron chi connectivity index (χ0n) is 11.1. The van der Waals surface area contributed by atoms with E-state index in [9.17, 15) is 14.7 Å². The molecule has 1 N–H and O–H groups in total. The number of carbonyl (C=O) groups is 2. The molecule has 0 saturated carbocycles. The summed E-state index contributed by atoms with van der Waals surface area (Å²) in [6.07, 6.45) is 0. The fourth-order valence-corrected chi connectivity index (χ4v) is 3.10. The van der Waals surface area contributed by atoms with Gasteiger partial charge in [0.2, 0.25) is 0 Å². The van der Waals surface area contributed by atoms with Crippen LogP contribution < -0.4 is 0 Å². The third-order valence-corrected chi connectivity index (χ3v) is 4.13. The number of halogens is 1. The average molecular weight is 310 g/mol. The number of benzene rings is 2. The van der Waals surface area contributed by atoms with Crippen LogP contribution in [0.25, 0.3) is 22.2 Å². The normalized spacial score (nSPS) is 12.3. The maximum absolute atomic E-state index is 12.5. The molecule has 0 aliphatic heterocycles. The summed E-state index contributed by atoms with van der Waals surface area (Å²) in [6.45, 7) is 0. The zero-order valence-corrected chi connectivity index (χ0v) is 11.9. The van der Waals surface area contributed by atoms with Gasteiger partial charge in [-0.1, -0.05) is 35.9 Å². The van der Waals surface area contributed by atoms with Crippen molar-refractivity contribution in [2.45, 2.75) is 0 Å². The molecule has 0 fully saturated rings. The van der Waals surface area contributed by atoms with Gasteiger partial charge in [0.25, 0.3) is 0 Å². The molecule has 0 spiro atoms. The topological polar surface area (TPSA) is 67.3 Å². The third-order valence-electron chi connectivity index (χ3n) is 3.82. The summed E-state index contributed by atoms with van der Waals surface area (Å²) in [5.74, 6) is -1.19. The first-order valence-corrected chi connectivity index (χ1v) is 6.96. The number of hydrogen-bond acceptors (Lipinski definition) is 3. The van der Waals surface area contributed by atoms with Crippen LogP contribution in [0.5, 0.6) is 0 Å². The number of hydrogen-bond donors (Lipinski definition) is 1. The van der Waals surface area contributed by atoms with E-state index in [1.54, 1.807) is 36.4 Å². The van der Waals surface area contributed by atoms with E-state index in [4.69, 9.17) is 11.6 Å². The molecule has 1 heterocycles. The van der Waals surface area contributed by atoms with Gasteiger partial charge in [-0.3, -0.25) is 4.79 Å². The van der Waals surface area contributed by atoms with Crippen LogP contribution in [-0.2, 0) is 0 Å². The van der Waals surface area contributed by atoms with Crippen molar-refractivity contribution < 1.29 is 14.7 Å². The number of nitrogens with zero attached hydrogens (tertiary/aromatic N) is 1. The molecule has 4 rings (SSSR count). The van der Waals surface area contributed by atoms with Crippen LogP contribution in [-0.4, -0.2) is 21.8 Å². The Morgan fingerprint density at radius 1 is 1.09 bits per heavy atom. The van der Waals surface area contributed by atoms with Gasteiger partial charge in [-0.15, -0.1) is 0 Å². The number of pyridine rings is 1. The molecule has 1 aliphatic rings. The maximum atomic E-state index is 12.5. The minimum absolute atomic E-state index is 0.105. The van der Waals surface area contributed by atoms with E-state index in [-0.39, 0.29) is 11.3 Å². The molecule has 0 radical (unpaired) electrons. The van der Waals surface area contributed by atoms with Gasteiger partial charge in [-0.25, -0.2) is 9.78 Å². The molecule has 0 amide bonds. The molecule has 3 aromatic rings. The number of carboxylic acids is 1. The van der Waals surface area contributed by atoms with Gasteiger partial charge >= 0.3 is 5.97 Å². The number of carboxylic acid groups (broad SMARTS) is 1. The minimum Gasteiger partial charge on any atom is -0.478 e. The Kier molecular flexibility index (Phi) is 2.59. The molecule has 1 aliphatic carbocycles. The average Bonchev–Trinajstić information content (AvgIpc) is 2.78. The molecular formula is C17H8ClNO3. The first-order valence-electron chi connectivity index (χ1n) is 6.58. The lowest BCUT2D eigenvalue weighted by atomic mass is 10.1. The van der Waals surface area contributed by atoms with E-state index in [0.29, 0.717) is 38.3 Å². The van der Waals surface area contributed by atoms with Crippen molar-refractivity contribution in [1.82, 2.24) is 4.98 Å². The molecule has 0 saturated heterocycles. The molecule has 1 aromatic heterocycles. The van der Waals surface area contributed by atoms with Crippen molar-refractivity contribution in [3.63, 3.8) is 0 Å². The van der Waals surface area contributed by atoms with E-state index in [1.807, 2.05) is 0 Å². The predicted molar refractivity (Wildman–Crippen MR) is 82.6 cm³/mol. The summed E-state index contributed by atoms with van der Waals surface area (Å²) in [6, 6.07) is 11.7. The number of aromatic nitrogens is 1. The lowest BCUT2D eigenvalue weighted by molar-refractivity contribution is 0.0698. The van der Waals surface area contributed by atoms with Crippen LogP contribution >= 0.6 is 11.6 Å². The monoisotopic (exact) mass is 309 g/mol. The Morgan fingerprint density at radius 3 is 2.64 bits per heavy atom. The summed E-state index contributed by atoms with van der Waals surface area (Å²) in [5, 5.41) is 10.4. The first-order chi connectivity index (χ1) is 10.6. The summed E-state index contributed by atoms with van der Waals surface area (Å²) < 4.78 is 0. The lowest BCUT2D eigenvalue weighted by Gasteiger charge is -2.06. The van der Waals surface area contributed by atoms with E-state index >= 15 is 0 Å². The van der Waals surface area contributed by atoms with E-state index in [1.165, 1.54) is 6.07 Å². The number of para-hydroxylation sites is 1. The molecule has 0 unspecified atom stereocenters. The quantitative estimate of drug-likeness (QED) is 0.581. The highest BCUT2D eigenvalue weighted by Gasteiger charge is 2.30. The Bertz CT molecular complexity index is 995. The lowest BCUT2D eigenvalue weighted by Crippen LogP contribution is -2.01. The van der Waals surface area contributed by atoms with Gasteiger partial charge in [0.05, 0.1) is 21.8 Å². The van der Waals surface area contributed by atoms with E-state index < -0.39 is 5.97 Å². The highest BCUT2D eigenvalue weighted by molar-refractivity contribution is 6.36. The van der Waals surface area contributed by atoms with Gasteiger partial charge in [-0.05, 0) is 18.2 Å². The number of fused-ring (bicyclic) bond motifs is 4. The van der Waals surface area contributed by atoms with Crippen molar-refractivity contribution in [1.29, 1.82) is 0 Å². The van der Waals surface area contributed by atoms with Crippen molar-refractivity contribution in [2.75, 3.05) is 0 Å². The SMILES string of the molecule is O=C1c2cc3cccc(C(=O)O)c3nc2-c2c(Cl)cccc21. The molecule has 22 heavy (non-hydrogen) atoms. The summed E-state index contributed by atoms with van der Waals surface area (Å²) >= 11 is 6.21. The van der Waals surface area contributed by atoms with Crippen LogP contribution in [0.4, 0.5) is 0 Å².